The number of rotatable bonds is 4. The summed E-state index contributed by atoms with van der Waals surface area (Å²) in [4.78, 5) is 8.74. The zero-order valence-electron chi connectivity index (χ0n) is 14.1. The monoisotopic (exact) mass is 333 g/mol. The number of hydrogen-bond acceptors (Lipinski definition) is 5. The molecule has 4 aromatic rings. The van der Waals surface area contributed by atoms with Crippen LogP contribution in [0.3, 0.4) is 0 Å². The number of H-pyrrole nitrogens is 1. The first-order chi connectivity index (χ1) is 12.2. The molecule has 0 radical (unpaired) electrons. The lowest BCUT2D eigenvalue weighted by molar-refractivity contribution is 0.629. The largest absolute Gasteiger partial charge is 0.330 e. The smallest absolute Gasteiger partial charge is 0.181 e. The molecule has 1 aromatic carbocycles. The Morgan fingerprint density at radius 1 is 1.16 bits per heavy atom. The lowest BCUT2D eigenvalue weighted by Crippen LogP contribution is -2.13. The summed E-state index contributed by atoms with van der Waals surface area (Å²) in [7, 11) is 1.90. The highest BCUT2D eigenvalue weighted by atomic mass is 15.3. The third-order valence-electron chi connectivity index (χ3n) is 4.37. The molecule has 0 aliphatic heterocycles. The van der Waals surface area contributed by atoms with Crippen LogP contribution in [0, 0.1) is 0 Å². The number of pyridine rings is 1. The third-order valence-corrected chi connectivity index (χ3v) is 4.37. The summed E-state index contributed by atoms with van der Waals surface area (Å²) in [5.74, 6) is 1.75. The molecule has 7 nitrogen and oxygen atoms in total. The van der Waals surface area contributed by atoms with Crippen LogP contribution in [0.1, 0.15) is 18.7 Å². The molecule has 0 saturated heterocycles. The fourth-order valence-electron chi connectivity index (χ4n) is 2.94. The van der Waals surface area contributed by atoms with E-state index in [1.54, 1.807) is 17.1 Å². The highest BCUT2D eigenvalue weighted by Crippen LogP contribution is 2.29. The maximum atomic E-state index is 5.77. The van der Waals surface area contributed by atoms with Crippen LogP contribution in [0.15, 0.2) is 42.7 Å². The van der Waals surface area contributed by atoms with E-state index in [9.17, 15) is 0 Å². The molecule has 0 saturated carbocycles. The number of nitrogens with one attached hydrogen (secondary N) is 1. The topological polar surface area (TPSA) is 98.3 Å². The molecule has 126 valence electrons. The number of nitrogens with two attached hydrogens (primary N) is 1. The third kappa shape index (κ3) is 2.68. The van der Waals surface area contributed by atoms with Gasteiger partial charge in [-0.15, -0.1) is 0 Å². The van der Waals surface area contributed by atoms with Crippen LogP contribution >= 0.6 is 0 Å². The van der Waals surface area contributed by atoms with E-state index in [2.05, 4.69) is 38.3 Å². The lowest BCUT2D eigenvalue weighted by Gasteiger charge is -2.05. The molecule has 1 unspecified atom stereocenters. The van der Waals surface area contributed by atoms with Crippen LogP contribution < -0.4 is 5.73 Å². The second kappa shape index (κ2) is 6.10. The Hall–Kier alpha value is -3.06. The van der Waals surface area contributed by atoms with E-state index in [1.165, 1.54) is 0 Å². The Morgan fingerprint density at radius 3 is 2.72 bits per heavy atom. The van der Waals surface area contributed by atoms with Crippen molar-refractivity contribution in [1.29, 1.82) is 0 Å². The van der Waals surface area contributed by atoms with Crippen LogP contribution in [0.25, 0.3) is 33.5 Å². The summed E-state index contributed by atoms with van der Waals surface area (Å²) < 4.78 is 1.80. The number of aryl methyl sites for hydroxylation is 1. The number of benzene rings is 1. The summed E-state index contributed by atoms with van der Waals surface area (Å²) in [5, 5.41) is 13.1. The van der Waals surface area contributed by atoms with Gasteiger partial charge in [0, 0.05) is 48.4 Å². The van der Waals surface area contributed by atoms with Crippen LogP contribution in [0.4, 0.5) is 0 Å². The van der Waals surface area contributed by atoms with Gasteiger partial charge < -0.3 is 5.73 Å². The minimum absolute atomic E-state index is 0.163. The van der Waals surface area contributed by atoms with Crippen molar-refractivity contribution in [3.63, 3.8) is 0 Å². The maximum Gasteiger partial charge on any atom is 0.181 e. The van der Waals surface area contributed by atoms with Crippen LogP contribution in [-0.2, 0) is 7.05 Å². The molecule has 1 atom stereocenters. The molecule has 0 aliphatic rings. The highest BCUT2D eigenvalue weighted by Gasteiger charge is 2.16. The van der Waals surface area contributed by atoms with Gasteiger partial charge in [-0.1, -0.05) is 6.92 Å². The molecule has 7 heteroatoms. The van der Waals surface area contributed by atoms with Crippen molar-refractivity contribution in [3.05, 3.63) is 48.5 Å². The molecule has 3 heterocycles. The molecule has 3 N–H and O–H groups in total. The average Bonchev–Trinajstić information content (AvgIpc) is 3.25. The summed E-state index contributed by atoms with van der Waals surface area (Å²) in [6, 6.07) is 9.97. The van der Waals surface area contributed by atoms with Crippen molar-refractivity contribution in [2.75, 3.05) is 6.54 Å². The predicted molar refractivity (Wildman–Crippen MR) is 96.8 cm³/mol. The van der Waals surface area contributed by atoms with E-state index < -0.39 is 0 Å². The number of hydrogen-bond donors (Lipinski definition) is 2. The van der Waals surface area contributed by atoms with Crippen molar-refractivity contribution >= 4 is 10.9 Å². The summed E-state index contributed by atoms with van der Waals surface area (Å²) in [6.07, 6.45) is 3.53. The Labute approximate surface area is 144 Å². The van der Waals surface area contributed by atoms with Crippen LogP contribution in [-0.4, -0.2) is 36.5 Å². The SMILES string of the molecule is CC(CN)c1nc(-c2ccc3[nH]nc(-c4ccncc4)c3c2)nn1C. The van der Waals surface area contributed by atoms with E-state index in [-0.39, 0.29) is 5.92 Å². The van der Waals surface area contributed by atoms with Gasteiger partial charge in [-0.2, -0.15) is 10.2 Å². The average molecular weight is 333 g/mol. The zero-order chi connectivity index (χ0) is 17.4. The number of aromatic nitrogens is 6. The molecule has 0 bridgehead atoms. The van der Waals surface area contributed by atoms with Crippen LogP contribution in [0.5, 0.6) is 0 Å². The lowest BCUT2D eigenvalue weighted by atomic mass is 10.1. The van der Waals surface area contributed by atoms with Gasteiger partial charge in [0.15, 0.2) is 5.82 Å². The Morgan fingerprint density at radius 2 is 1.96 bits per heavy atom. The van der Waals surface area contributed by atoms with Gasteiger partial charge in [0.1, 0.15) is 11.5 Å². The first-order valence-corrected chi connectivity index (χ1v) is 8.17. The molecule has 3 aromatic heterocycles. The van der Waals surface area contributed by atoms with Crippen molar-refractivity contribution in [3.8, 4) is 22.6 Å². The normalized spacial score (nSPS) is 12.6. The molecular weight excluding hydrogens is 314 g/mol. The van der Waals surface area contributed by atoms with Gasteiger partial charge in [0.25, 0.3) is 0 Å². The van der Waals surface area contributed by atoms with Gasteiger partial charge in [0.2, 0.25) is 0 Å². The molecule has 0 amide bonds. The van der Waals surface area contributed by atoms with Crippen molar-refractivity contribution in [2.24, 2.45) is 12.8 Å². The standard InChI is InChI=1S/C18H19N7/c1-11(10-19)18-21-17(24-25(18)2)13-3-4-15-14(9-13)16(23-22-15)12-5-7-20-8-6-12/h3-9,11H,10,19H2,1-2H3,(H,22,23). The van der Waals surface area contributed by atoms with Gasteiger partial charge in [-0.3, -0.25) is 14.8 Å². The van der Waals surface area contributed by atoms with E-state index >= 15 is 0 Å². The molecule has 25 heavy (non-hydrogen) atoms. The van der Waals surface area contributed by atoms with Gasteiger partial charge in [0.05, 0.1) is 5.52 Å². The van der Waals surface area contributed by atoms with E-state index in [0.29, 0.717) is 12.4 Å². The first kappa shape index (κ1) is 15.5. The zero-order valence-corrected chi connectivity index (χ0v) is 14.1. The quantitative estimate of drug-likeness (QED) is 0.598. The van der Waals surface area contributed by atoms with Gasteiger partial charge in [-0.25, -0.2) is 4.98 Å². The molecule has 0 fully saturated rings. The fourth-order valence-corrected chi connectivity index (χ4v) is 2.94. The van der Waals surface area contributed by atoms with E-state index in [4.69, 9.17) is 5.73 Å². The highest BCUT2D eigenvalue weighted by molar-refractivity contribution is 5.95. The van der Waals surface area contributed by atoms with Crippen molar-refractivity contribution in [1.82, 2.24) is 29.9 Å². The Bertz CT molecular complexity index is 1020. The summed E-state index contributed by atoms with van der Waals surface area (Å²) in [6.45, 7) is 2.59. The van der Waals surface area contributed by atoms with Crippen molar-refractivity contribution < 1.29 is 0 Å². The van der Waals surface area contributed by atoms with Crippen LogP contribution in [0.2, 0.25) is 0 Å². The Balaban J connectivity index is 1.82. The maximum absolute atomic E-state index is 5.77. The minimum Gasteiger partial charge on any atom is -0.330 e. The second-order valence-corrected chi connectivity index (χ2v) is 6.12. The summed E-state index contributed by atoms with van der Waals surface area (Å²) in [5.41, 5.74) is 9.61. The molecule has 0 spiro atoms. The summed E-state index contributed by atoms with van der Waals surface area (Å²) >= 11 is 0. The van der Waals surface area contributed by atoms with E-state index in [1.807, 2.05) is 31.3 Å². The number of nitrogens with zero attached hydrogens (tertiary/aromatic N) is 5. The molecular formula is C18H19N7. The predicted octanol–water partition coefficient (Wildman–Crippen LogP) is 2.48. The second-order valence-electron chi connectivity index (χ2n) is 6.12. The van der Waals surface area contributed by atoms with Gasteiger partial charge in [-0.05, 0) is 30.3 Å². The Kier molecular flexibility index (Phi) is 3.77. The fraction of sp³-hybridized carbons (Fsp3) is 0.222. The minimum atomic E-state index is 0.163. The van der Waals surface area contributed by atoms with E-state index in [0.717, 1.165) is 33.5 Å². The number of fused-ring (bicyclic) bond motifs is 1. The first-order valence-electron chi connectivity index (χ1n) is 8.17. The number of aromatic amines is 1. The van der Waals surface area contributed by atoms with Crippen molar-refractivity contribution in [2.45, 2.75) is 12.8 Å². The van der Waals surface area contributed by atoms with Gasteiger partial charge >= 0.3 is 0 Å². The molecule has 0 aliphatic carbocycles. The molecule has 4 rings (SSSR count).